The van der Waals surface area contributed by atoms with E-state index in [9.17, 15) is 8.42 Å². The van der Waals surface area contributed by atoms with Crippen LogP contribution in [-0.4, -0.2) is 20.7 Å². The molecule has 2 aromatic rings. The summed E-state index contributed by atoms with van der Waals surface area (Å²) in [7, 11) is -3.61. The van der Waals surface area contributed by atoms with Gasteiger partial charge >= 0.3 is 0 Å². The van der Waals surface area contributed by atoms with Crippen LogP contribution < -0.4 is 10.5 Å². The van der Waals surface area contributed by atoms with Gasteiger partial charge in [0.05, 0.1) is 4.90 Å². The molecule has 0 unspecified atom stereocenters. The molecule has 0 bridgehead atoms. The zero-order valence-corrected chi connectivity index (χ0v) is 12.5. The lowest BCUT2D eigenvalue weighted by molar-refractivity contribution is 0.598. The Morgan fingerprint density at radius 1 is 1.00 bits per heavy atom. The lowest BCUT2D eigenvalue weighted by Gasteiger charge is -2.07. The average molecular weight is 308 g/mol. The lowest BCUT2D eigenvalue weighted by Crippen LogP contribution is -2.12. The summed E-state index contributed by atoms with van der Waals surface area (Å²) in [5.41, 5.74) is 0.881. The number of thioether (sulfide) groups is 1. The molecule has 20 heavy (non-hydrogen) atoms. The van der Waals surface area contributed by atoms with E-state index in [1.807, 2.05) is 18.2 Å². The molecule has 0 heterocycles. The van der Waals surface area contributed by atoms with Crippen molar-refractivity contribution in [2.45, 2.75) is 9.79 Å². The van der Waals surface area contributed by atoms with Gasteiger partial charge in [0.25, 0.3) is 0 Å². The van der Waals surface area contributed by atoms with E-state index in [1.165, 1.54) is 17.0 Å². The third kappa shape index (κ3) is 4.56. The Hall–Kier alpha value is -1.50. The van der Waals surface area contributed by atoms with E-state index in [0.29, 0.717) is 0 Å². The van der Waals surface area contributed by atoms with E-state index < -0.39 is 10.0 Å². The number of nitrogens with one attached hydrogen (secondary N) is 1. The molecule has 0 amide bonds. The van der Waals surface area contributed by atoms with Crippen molar-refractivity contribution in [3.8, 4) is 0 Å². The quantitative estimate of drug-likeness (QED) is 0.635. The molecule has 2 rings (SSSR count). The van der Waals surface area contributed by atoms with Crippen LogP contribution in [0.2, 0.25) is 0 Å². The van der Waals surface area contributed by atoms with Gasteiger partial charge in [-0.2, -0.15) is 0 Å². The SMILES string of the molecule is NS(=O)(=O)c1ccc(NCCSc2ccccc2)cc1. The lowest BCUT2D eigenvalue weighted by atomic mass is 10.3. The fourth-order valence-corrected chi connectivity index (χ4v) is 2.95. The highest BCUT2D eigenvalue weighted by Gasteiger charge is 2.06. The number of sulfonamides is 1. The molecule has 2 aromatic carbocycles. The molecule has 0 aliphatic rings. The van der Waals surface area contributed by atoms with E-state index in [1.54, 1.807) is 23.9 Å². The minimum Gasteiger partial charge on any atom is -0.384 e. The van der Waals surface area contributed by atoms with Crippen LogP contribution in [-0.2, 0) is 10.0 Å². The standard InChI is InChI=1S/C14H16N2O2S2/c15-20(17,18)14-8-6-12(7-9-14)16-10-11-19-13-4-2-1-3-5-13/h1-9,16H,10-11H2,(H2,15,17,18). The molecule has 0 radical (unpaired) electrons. The van der Waals surface area contributed by atoms with Gasteiger partial charge < -0.3 is 5.32 Å². The van der Waals surface area contributed by atoms with Gasteiger partial charge in [-0.3, -0.25) is 0 Å². The third-order valence-electron chi connectivity index (χ3n) is 2.63. The minimum atomic E-state index is -3.61. The van der Waals surface area contributed by atoms with Gasteiger partial charge in [-0.1, -0.05) is 18.2 Å². The summed E-state index contributed by atoms with van der Waals surface area (Å²) in [5, 5.41) is 8.28. The molecule has 0 saturated heterocycles. The molecule has 0 spiro atoms. The summed E-state index contributed by atoms with van der Waals surface area (Å²) in [6.07, 6.45) is 0. The summed E-state index contributed by atoms with van der Waals surface area (Å²) in [5.74, 6) is 0.932. The Morgan fingerprint density at radius 3 is 2.25 bits per heavy atom. The summed E-state index contributed by atoms with van der Waals surface area (Å²) < 4.78 is 22.2. The second-order valence-electron chi connectivity index (χ2n) is 4.16. The van der Waals surface area contributed by atoms with E-state index in [2.05, 4.69) is 17.4 Å². The largest absolute Gasteiger partial charge is 0.384 e. The number of hydrogen-bond donors (Lipinski definition) is 2. The monoisotopic (exact) mass is 308 g/mol. The Morgan fingerprint density at radius 2 is 1.65 bits per heavy atom. The second-order valence-corrected chi connectivity index (χ2v) is 6.89. The van der Waals surface area contributed by atoms with E-state index in [4.69, 9.17) is 5.14 Å². The van der Waals surface area contributed by atoms with Crippen LogP contribution in [0.1, 0.15) is 0 Å². The van der Waals surface area contributed by atoms with Crippen molar-refractivity contribution in [1.82, 2.24) is 0 Å². The maximum Gasteiger partial charge on any atom is 0.238 e. The van der Waals surface area contributed by atoms with Gasteiger partial charge in [-0.25, -0.2) is 13.6 Å². The molecule has 4 nitrogen and oxygen atoms in total. The fraction of sp³-hybridized carbons (Fsp3) is 0.143. The zero-order chi connectivity index (χ0) is 14.4. The first-order chi connectivity index (χ1) is 9.55. The van der Waals surface area contributed by atoms with Gasteiger partial charge in [-0.05, 0) is 36.4 Å². The Bertz CT molecular complexity index is 641. The van der Waals surface area contributed by atoms with Crippen LogP contribution in [0.15, 0.2) is 64.4 Å². The predicted molar refractivity (Wildman–Crippen MR) is 83.5 cm³/mol. The van der Waals surface area contributed by atoms with Gasteiger partial charge in [-0.15, -0.1) is 11.8 Å². The van der Waals surface area contributed by atoms with Crippen molar-refractivity contribution in [3.63, 3.8) is 0 Å². The maximum absolute atomic E-state index is 11.1. The topological polar surface area (TPSA) is 72.2 Å². The highest BCUT2D eigenvalue weighted by atomic mass is 32.2. The van der Waals surface area contributed by atoms with Crippen LogP contribution in [0.25, 0.3) is 0 Å². The zero-order valence-electron chi connectivity index (χ0n) is 10.8. The van der Waals surface area contributed by atoms with Crippen molar-refractivity contribution in [3.05, 3.63) is 54.6 Å². The van der Waals surface area contributed by atoms with Crippen LogP contribution in [0, 0.1) is 0 Å². The molecule has 3 N–H and O–H groups in total. The first kappa shape index (κ1) is 14.9. The van der Waals surface area contributed by atoms with Crippen molar-refractivity contribution in [2.75, 3.05) is 17.6 Å². The van der Waals surface area contributed by atoms with E-state index in [-0.39, 0.29) is 4.90 Å². The van der Waals surface area contributed by atoms with Crippen LogP contribution in [0.4, 0.5) is 5.69 Å². The van der Waals surface area contributed by atoms with Gasteiger partial charge in [0, 0.05) is 22.9 Å². The third-order valence-corrected chi connectivity index (χ3v) is 4.57. The van der Waals surface area contributed by atoms with Crippen molar-refractivity contribution < 1.29 is 8.42 Å². The number of anilines is 1. The van der Waals surface area contributed by atoms with Crippen molar-refractivity contribution in [2.24, 2.45) is 5.14 Å². The predicted octanol–water partition coefficient (Wildman–Crippen LogP) is 2.54. The molecular weight excluding hydrogens is 292 g/mol. The molecular formula is C14H16N2O2S2. The Labute approximate surface area is 123 Å². The molecule has 0 aliphatic heterocycles. The molecule has 0 fully saturated rings. The van der Waals surface area contributed by atoms with Crippen LogP contribution in [0.5, 0.6) is 0 Å². The smallest absolute Gasteiger partial charge is 0.238 e. The van der Waals surface area contributed by atoms with E-state index >= 15 is 0 Å². The van der Waals surface area contributed by atoms with Gasteiger partial charge in [0.2, 0.25) is 10.0 Å². The average Bonchev–Trinajstić information content (AvgIpc) is 2.44. The Balaban J connectivity index is 1.80. The molecule has 0 atom stereocenters. The van der Waals surface area contributed by atoms with Crippen LogP contribution >= 0.6 is 11.8 Å². The number of hydrogen-bond acceptors (Lipinski definition) is 4. The molecule has 0 aliphatic carbocycles. The maximum atomic E-state index is 11.1. The van der Waals surface area contributed by atoms with Crippen molar-refractivity contribution >= 4 is 27.5 Å². The first-order valence-electron chi connectivity index (χ1n) is 6.10. The summed E-state index contributed by atoms with van der Waals surface area (Å²) in [4.78, 5) is 1.36. The summed E-state index contributed by atoms with van der Waals surface area (Å²) in [6.45, 7) is 0.800. The second kappa shape index (κ2) is 6.78. The molecule has 0 saturated carbocycles. The Kier molecular flexibility index (Phi) is 5.05. The molecule has 106 valence electrons. The number of nitrogens with two attached hydrogens (primary N) is 1. The number of rotatable bonds is 6. The summed E-state index contributed by atoms with van der Waals surface area (Å²) in [6, 6.07) is 16.6. The molecule has 6 heteroatoms. The minimum absolute atomic E-state index is 0.127. The number of primary sulfonamides is 1. The number of benzene rings is 2. The first-order valence-corrected chi connectivity index (χ1v) is 8.63. The highest BCUT2D eigenvalue weighted by molar-refractivity contribution is 7.99. The van der Waals surface area contributed by atoms with E-state index in [0.717, 1.165) is 18.0 Å². The molecule has 0 aromatic heterocycles. The fourth-order valence-electron chi connectivity index (χ4n) is 1.64. The van der Waals surface area contributed by atoms with Gasteiger partial charge in [0.15, 0.2) is 0 Å². The van der Waals surface area contributed by atoms with Crippen molar-refractivity contribution in [1.29, 1.82) is 0 Å². The van der Waals surface area contributed by atoms with Crippen LogP contribution in [0.3, 0.4) is 0 Å². The van der Waals surface area contributed by atoms with Gasteiger partial charge in [0.1, 0.15) is 0 Å². The highest BCUT2D eigenvalue weighted by Crippen LogP contribution is 2.17. The summed E-state index contributed by atoms with van der Waals surface area (Å²) >= 11 is 1.77. The normalized spacial score (nSPS) is 11.2.